The van der Waals surface area contributed by atoms with Gasteiger partial charge >= 0.3 is 0 Å². The molecule has 0 N–H and O–H groups in total. The van der Waals surface area contributed by atoms with Gasteiger partial charge in [0.15, 0.2) is 0 Å². The summed E-state index contributed by atoms with van der Waals surface area (Å²) in [5.41, 5.74) is 6.01. The van der Waals surface area contributed by atoms with Crippen LogP contribution in [-0.4, -0.2) is 4.57 Å². The lowest BCUT2D eigenvalue weighted by Crippen LogP contribution is -1.99. The Bertz CT molecular complexity index is 1200. The van der Waals surface area contributed by atoms with Gasteiger partial charge in [0.2, 0.25) is 0 Å². The average Bonchev–Trinajstić information content (AvgIpc) is 3.20. The lowest BCUT2D eigenvalue weighted by molar-refractivity contribution is 1.10. The molecule has 0 amide bonds. The Labute approximate surface area is 159 Å². The lowest BCUT2D eigenvalue weighted by Gasteiger charge is -2.15. The molecule has 5 aromatic rings. The summed E-state index contributed by atoms with van der Waals surface area (Å²) in [5.74, 6) is 0. The summed E-state index contributed by atoms with van der Waals surface area (Å²) in [6.45, 7) is 0. The van der Waals surface area contributed by atoms with Crippen molar-refractivity contribution in [3.8, 4) is 28.2 Å². The first-order valence-electron chi connectivity index (χ1n) is 9.22. The molecule has 0 aliphatic carbocycles. The van der Waals surface area contributed by atoms with Crippen LogP contribution in [0.25, 0.3) is 39.0 Å². The van der Waals surface area contributed by atoms with Gasteiger partial charge in [0.05, 0.1) is 11.4 Å². The monoisotopic (exact) mass is 345 g/mol. The Hall–Kier alpha value is -3.58. The van der Waals surface area contributed by atoms with Crippen LogP contribution >= 0.6 is 0 Å². The summed E-state index contributed by atoms with van der Waals surface area (Å²) in [4.78, 5) is 0. The standard InChI is InChI=1S/C26H19N/c1-3-10-21(11-4-1)25-17-18-26(27(25)24-13-5-2-6-14-24)23-16-15-20-9-7-8-12-22(20)19-23/h1-19H. The number of fused-ring (bicyclic) bond motifs is 1. The van der Waals surface area contributed by atoms with Crippen molar-refractivity contribution in [3.63, 3.8) is 0 Å². The van der Waals surface area contributed by atoms with Crippen molar-refractivity contribution in [2.45, 2.75) is 0 Å². The third-order valence-corrected chi connectivity index (χ3v) is 5.01. The second-order valence-electron chi connectivity index (χ2n) is 6.70. The largest absolute Gasteiger partial charge is 0.309 e. The maximum atomic E-state index is 2.35. The second-order valence-corrected chi connectivity index (χ2v) is 6.70. The lowest BCUT2D eigenvalue weighted by atomic mass is 10.0. The van der Waals surface area contributed by atoms with Gasteiger partial charge in [-0.05, 0) is 52.2 Å². The van der Waals surface area contributed by atoms with Gasteiger partial charge in [-0.1, -0.05) is 84.9 Å². The normalized spacial score (nSPS) is 11.0. The Kier molecular flexibility index (Phi) is 3.84. The maximum absolute atomic E-state index is 2.35. The second kappa shape index (κ2) is 6.62. The summed E-state index contributed by atoms with van der Waals surface area (Å²) in [6, 6.07) is 40.8. The van der Waals surface area contributed by atoms with Gasteiger partial charge in [0.1, 0.15) is 0 Å². The number of nitrogens with zero attached hydrogens (tertiary/aromatic N) is 1. The molecule has 1 heterocycles. The van der Waals surface area contributed by atoms with Crippen molar-refractivity contribution in [1.29, 1.82) is 0 Å². The Balaban J connectivity index is 1.76. The minimum Gasteiger partial charge on any atom is -0.309 e. The number of aromatic nitrogens is 1. The highest BCUT2D eigenvalue weighted by atomic mass is 15.0. The molecule has 5 rings (SSSR count). The van der Waals surface area contributed by atoms with E-state index in [9.17, 15) is 0 Å². The molecule has 0 unspecified atom stereocenters. The van der Waals surface area contributed by atoms with Gasteiger partial charge < -0.3 is 4.57 Å². The van der Waals surface area contributed by atoms with Crippen LogP contribution in [0, 0.1) is 0 Å². The van der Waals surface area contributed by atoms with E-state index in [1.165, 1.54) is 39.0 Å². The predicted octanol–water partition coefficient (Wildman–Crippen LogP) is 6.96. The van der Waals surface area contributed by atoms with Crippen LogP contribution in [0.2, 0.25) is 0 Å². The zero-order valence-electron chi connectivity index (χ0n) is 14.9. The van der Waals surface area contributed by atoms with E-state index < -0.39 is 0 Å². The molecule has 4 aromatic carbocycles. The number of hydrogen-bond acceptors (Lipinski definition) is 0. The molecular formula is C26H19N. The van der Waals surface area contributed by atoms with Crippen molar-refractivity contribution in [1.82, 2.24) is 4.57 Å². The number of para-hydroxylation sites is 1. The Morgan fingerprint density at radius 1 is 0.407 bits per heavy atom. The van der Waals surface area contributed by atoms with Gasteiger partial charge in [-0.2, -0.15) is 0 Å². The predicted molar refractivity (Wildman–Crippen MR) is 114 cm³/mol. The van der Waals surface area contributed by atoms with E-state index in [2.05, 4.69) is 120 Å². The number of hydrogen-bond donors (Lipinski definition) is 0. The van der Waals surface area contributed by atoms with Crippen LogP contribution in [0.5, 0.6) is 0 Å². The topological polar surface area (TPSA) is 4.93 Å². The smallest absolute Gasteiger partial charge is 0.0535 e. The molecule has 1 heteroatoms. The molecule has 0 spiro atoms. The highest BCUT2D eigenvalue weighted by Crippen LogP contribution is 2.33. The van der Waals surface area contributed by atoms with E-state index in [0.717, 1.165) is 0 Å². The van der Waals surface area contributed by atoms with Crippen LogP contribution in [0.3, 0.4) is 0 Å². The summed E-state index contributed by atoms with van der Waals surface area (Å²) in [7, 11) is 0. The van der Waals surface area contributed by atoms with E-state index in [0.29, 0.717) is 0 Å². The average molecular weight is 345 g/mol. The highest BCUT2D eigenvalue weighted by Gasteiger charge is 2.13. The van der Waals surface area contributed by atoms with Gasteiger partial charge in [-0.15, -0.1) is 0 Å². The fourth-order valence-electron chi connectivity index (χ4n) is 3.70. The number of rotatable bonds is 3. The first kappa shape index (κ1) is 15.7. The van der Waals surface area contributed by atoms with Gasteiger partial charge in [0, 0.05) is 5.69 Å². The van der Waals surface area contributed by atoms with E-state index in [1.54, 1.807) is 0 Å². The van der Waals surface area contributed by atoms with Gasteiger partial charge in [0.25, 0.3) is 0 Å². The summed E-state index contributed by atoms with van der Waals surface area (Å²) >= 11 is 0. The van der Waals surface area contributed by atoms with E-state index in [4.69, 9.17) is 0 Å². The summed E-state index contributed by atoms with van der Waals surface area (Å²) in [6.07, 6.45) is 0. The van der Waals surface area contributed by atoms with Crippen molar-refractivity contribution in [2.24, 2.45) is 0 Å². The minimum atomic E-state index is 1.17. The van der Waals surface area contributed by atoms with Gasteiger partial charge in [-0.25, -0.2) is 0 Å². The Morgan fingerprint density at radius 3 is 1.74 bits per heavy atom. The van der Waals surface area contributed by atoms with Gasteiger partial charge in [-0.3, -0.25) is 0 Å². The first-order valence-corrected chi connectivity index (χ1v) is 9.22. The highest BCUT2D eigenvalue weighted by molar-refractivity contribution is 5.87. The first-order chi connectivity index (χ1) is 13.4. The molecule has 0 bridgehead atoms. The minimum absolute atomic E-state index is 1.17. The molecule has 0 aliphatic heterocycles. The fourth-order valence-corrected chi connectivity index (χ4v) is 3.70. The molecule has 27 heavy (non-hydrogen) atoms. The molecule has 0 aliphatic rings. The zero-order chi connectivity index (χ0) is 18.1. The number of benzene rings is 4. The molecule has 0 fully saturated rings. The molecule has 128 valence electrons. The zero-order valence-corrected chi connectivity index (χ0v) is 14.9. The van der Waals surface area contributed by atoms with Crippen molar-refractivity contribution < 1.29 is 0 Å². The third kappa shape index (κ3) is 2.84. The van der Waals surface area contributed by atoms with Crippen molar-refractivity contribution in [3.05, 3.63) is 115 Å². The molecule has 0 saturated carbocycles. The molecule has 1 aromatic heterocycles. The SMILES string of the molecule is c1ccc(-c2ccc(-c3ccc4ccccc4c3)n2-c2ccccc2)cc1. The quantitative estimate of drug-likeness (QED) is 0.333. The van der Waals surface area contributed by atoms with Crippen LogP contribution in [0.4, 0.5) is 0 Å². The molecule has 0 saturated heterocycles. The van der Waals surface area contributed by atoms with Crippen molar-refractivity contribution in [2.75, 3.05) is 0 Å². The van der Waals surface area contributed by atoms with Crippen molar-refractivity contribution >= 4 is 10.8 Å². The molecular weight excluding hydrogens is 326 g/mol. The Morgan fingerprint density at radius 2 is 1.00 bits per heavy atom. The van der Waals surface area contributed by atoms with E-state index in [-0.39, 0.29) is 0 Å². The summed E-state index contributed by atoms with van der Waals surface area (Å²) in [5, 5.41) is 2.53. The van der Waals surface area contributed by atoms with Crippen LogP contribution in [0.1, 0.15) is 0 Å². The fraction of sp³-hybridized carbons (Fsp3) is 0. The molecule has 0 atom stereocenters. The van der Waals surface area contributed by atoms with Crippen LogP contribution in [-0.2, 0) is 0 Å². The third-order valence-electron chi connectivity index (χ3n) is 5.01. The summed E-state index contributed by atoms with van der Waals surface area (Å²) < 4.78 is 2.35. The maximum Gasteiger partial charge on any atom is 0.0535 e. The van der Waals surface area contributed by atoms with E-state index in [1.807, 2.05) is 0 Å². The van der Waals surface area contributed by atoms with Crippen LogP contribution in [0.15, 0.2) is 115 Å². The molecule has 1 nitrogen and oxygen atoms in total. The molecule has 0 radical (unpaired) electrons. The van der Waals surface area contributed by atoms with E-state index >= 15 is 0 Å². The van der Waals surface area contributed by atoms with Crippen LogP contribution < -0.4 is 0 Å².